The zero-order valence-corrected chi connectivity index (χ0v) is 9.86. The van der Waals surface area contributed by atoms with E-state index < -0.39 is 5.91 Å². The second kappa shape index (κ2) is 5.20. The number of hydrogen-bond acceptors (Lipinski definition) is 4. The molecule has 92 valence electrons. The van der Waals surface area contributed by atoms with Crippen LogP contribution in [0.3, 0.4) is 0 Å². The van der Waals surface area contributed by atoms with Crippen molar-refractivity contribution in [3.63, 3.8) is 0 Å². The Labute approximate surface area is 99.6 Å². The van der Waals surface area contributed by atoms with Crippen LogP contribution in [0.15, 0.2) is 18.2 Å². The number of carbonyl (C=O) groups is 2. The Bertz CT molecular complexity index is 443. The normalized spacial score (nSPS) is 9.76. The molecule has 6 heteroatoms. The highest BCUT2D eigenvalue weighted by atomic mass is 16.2. The van der Waals surface area contributed by atoms with Crippen LogP contribution in [0.25, 0.3) is 0 Å². The van der Waals surface area contributed by atoms with Gasteiger partial charge in [-0.25, -0.2) is 0 Å². The minimum absolute atomic E-state index is 0.186. The van der Waals surface area contributed by atoms with Crippen LogP contribution in [0.1, 0.15) is 10.4 Å². The molecular weight excluding hydrogens is 220 g/mol. The highest BCUT2D eigenvalue weighted by Crippen LogP contribution is 2.22. The third-order valence-electron chi connectivity index (χ3n) is 2.19. The molecule has 1 rings (SSSR count). The average Bonchev–Trinajstić information content (AvgIpc) is 2.25. The van der Waals surface area contributed by atoms with Gasteiger partial charge < -0.3 is 21.7 Å². The maximum atomic E-state index is 11.6. The molecule has 0 heterocycles. The van der Waals surface area contributed by atoms with E-state index in [0.717, 1.165) is 5.69 Å². The van der Waals surface area contributed by atoms with Crippen molar-refractivity contribution in [2.45, 2.75) is 0 Å². The summed E-state index contributed by atoms with van der Waals surface area (Å²) >= 11 is 0. The molecule has 0 saturated heterocycles. The minimum atomic E-state index is -0.587. The van der Waals surface area contributed by atoms with Crippen LogP contribution in [-0.2, 0) is 4.79 Å². The van der Waals surface area contributed by atoms with Crippen LogP contribution < -0.4 is 21.7 Å². The fraction of sp³-hybridized carbons (Fsp3) is 0.273. The molecule has 5 N–H and O–H groups in total. The maximum absolute atomic E-state index is 11.6. The average molecular weight is 236 g/mol. The van der Waals surface area contributed by atoms with Gasteiger partial charge in [0.05, 0.1) is 17.9 Å². The van der Waals surface area contributed by atoms with Gasteiger partial charge in [-0.05, 0) is 18.2 Å². The van der Waals surface area contributed by atoms with Gasteiger partial charge in [-0.15, -0.1) is 0 Å². The first kappa shape index (κ1) is 12.8. The van der Waals surface area contributed by atoms with E-state index in [2.05, 4.69) is 5.32 Å². The van der Waals surface area contributed by atoms with Crippen molar-refractivity contribution in [3.8, 4) is 0 Å². The number of nitrogen functional groups attached to an aromatic ring is 1. The maximum Gasteiger partial charge on any atom is 0.251 e. The smallest absolute Gasteiger partial charge is 0.251 e. The monoisotopic (exact) mass is 236 g/mol. The second-order valence-corrected chi connectivity index (χ2v) is 3.82. The summed E-state index contributed by atoms with van der Waals surface area (Å²) in [6.07, 6.45) is 0. The Kier molecular flexibility index (Phi) is 3.92. The molecule has 0 aliphatic rings. The number of nitrogens with zero attached hydrogens (tertiary/aromatic N) is 1. The van der Waals surface area contributed by atoms with E-state index in [9.17, 15) is 9.59 Å². The van der Waals surface area contributed by atoms with Crippen LogP contribution in [0, 0.1) is 0 Å². The van der Waals surface area contributed by atoms with Crippen molar-refractivity contribution in [2.75, 3.05) is 31.3 Å². The Balaban J connectivity index is 2.83. The van der Waals surface area contributed by atoms with E-state index in [1.165, 1.54) is 0 Å². The number of amides is 2. The van der Waals surface area contributed by atoms with Crippen LogP contribution in [-0.4, -0.2) is 32.5 Å². The van der Waals surface area contributed by atoms with Gasteiger partial charge in [0, 0.05) is 19.7 Å². The summed E-state index contributed by atoms with van der Waals surface area (Å²) in [6.45, 7) is -0.186. The van der Waals surface area contributed by atoms with Crippen molar-refractivity contribution in [1.82, 2.24) is 5.32 Å². The topological polar surface area (TPSA) is 101 Å². The molecule has 0 aliphatic heterocycles. The van der Waals surface area contributed by atoms with Gasteiger partial charge in [0.2, 0.25) is 5.91 Å². The predicted molar refractivity (Wildman–Crippen MR) is 66.7 cm³/mol. The molecular formula is C11H16N4O2. The van der Waals surface area contributed by atoms with Gasteiger partial charge in [-0.2, -0.15) is 0 Å². The SMILES string of the molecule is CN(C)c1ccc(C(=O)NCC(N)=O)cc1N. The Morgan fingerprint density at radius 2 is 2.00 bits per heavy atom. The number of nitrogens with two attached hydrogens (primary N) is 2. The van der Waals surface area contributed by atoms with Crippen molar-refractivity contribution in [3.05, 3.63) is 23.8 Å². The van der Waals surface area contributed by atoms with Gasteiger partial charge in [0.25, 0.3) is 5.91 Å². The van der Waals surface area contributed by atoms with E-state index in [4.69, 9.17) is 11.5 Å². The Morgan fingerprint density at radius 3 is 2.47 bits per heavy atom. The molecule has 0 aliphatic carbocycles. The van der Waals surface area contributed by atoms with Gasteiger partial charge in [0.1, 0.15) is 0 Å². The summed E-state index contributed by atoms with van der Waals surface area (Å²) in [5, 5.41) is 2.39. The molecule has 0 atom stereocenters. The molecule has 6 nitrogen and oxygen atoms in total. The summed E-state index contributed by atoms with van der Waals surface area (Å²) in [7, 11) is 3.72. The van der Waals surface area contributed by atoms with E-state index >= 15 is 0 Å². The van der Waals surface area contributed by atoms with Gasteiger partial charge >= 0.3 is 0 Å². The summed E-state index contributed by atoms with van der Waals surface area (Å²) in [5.41, 5.74) is 12.5. The third-order valence-corrected chi connectivity index (χ3v) is 2.19. The van der Waals surface area contributed by atoms with Gasteiger partial charge in [-0.3, -0.25) is 9.59 Å². The summed E-state index contributed by atoms with van der Waals surface area (Å²) in [6, 6.07) is 4.95. The van der Waals surface area contributed by atoms with Crippen LogP contribution in [0.2, 0.25) is 0 Å². The molecule has 17 heavy (non-hydrogen) atoms. The molecule has 1 aromatic rings. The zero-order chi connectivity index (χ0) is 13.0. The van der Waals surface area contributed by atoms with Crippen molar-refractivity contribution < 1.29 is 9.59 Å². The molecule has 0 bridgehead atoms. The number of rotatable bonds is 4. The molecule has 2 amide bonds. The van der Waals surface area contributed by atoms with Crippen LogP contribution in [0.5, 0.6) is 0 Å². The molecule has 0 spiro atoms. The van der Waals surface area contributed by atoms with Crippen molar-refractivity contribution in [1.29, 1.82) is 0 Å². The first-order valence-corrected chi connectivity index (χ1v) is 5.05. The molecule has 1 aromatic carbocycles. The lowest BCUT2D eigenvalue weighted by molar-refractivity contribution is -0.117. The first-order valence-electron chi connectivity index (χ1n) is 5.05. The number of primary amides is 1. The highest BCUT2D eigenvalue weighted by Gasteiger charge is 2.09. The first-order chi connectivity index (χ1) is 7.91. The number of carbonyl (C=O) groups excluding carboxylic acids is 2. The van der Waals surface area contributed by atoms with E-state index in [1.807, 2.05) is 19.0 Å². The summed E-state index contributed by atoms with van der Waals surface area (Å²) in [5.74, 6) is -0.961. The number of nitrogens with one attached hydrogen (secondary N) is 1. The van der Waals surface area contributed by atoms with Crippen LogP contribution in [0.4, 0.5) is 11.4 Å². The predicted octanol–water partition coefficient (Wildman–Crippen LogP) is -0.450. The second-order valence-electron chi connectivity index (χ2n) is 3.82. The number of anilines is 2. The van der Waals surface area contributed by atoms with Crippen molar-refractivity contribution in [2.24, 2.45) is 5.73 Å². The molecule has 0 aromatic heterocycles. The molecule has 0 radical (unpaired) electrons. The molecule has 0 fully saturated rings. The van der Waals surface area contributed by atoms with Gasteiger partial charge in [0.15, 0.2) is 0 Å². The number of hydrogen-bond donors (Lipinski definition) is 3. The minimum Gasteiger partial charge on any atom is -0.397 e. The third kappa shape index (κ3) is 3.37. The quantitative estimate of drug-likeness (QED) is 0.616. The van der Waals surface area contributed by atoms with E-state index in [0.29, 0.717) is 11.3 Å². The van der Waals surface area contributed by atoms with E-state index in [-0.39, 0.29) is 12.5 Å². The zero-order valence-electron chi connectivity index (χ0n) is 9.86. The molecule has 0 saturated carbocycles. The number of benzene rings is 1. The lowest BCUT2D eigenvalue weighted by atomic mass is 10.1. The Hall–Kier alpha value is -2.24. The fourth-order valence-electron chi connectivity index (χ4n) is 1.37. The molecule has 0 unspecified atom stereocenters. The van der Waals surface area contributed by atoms with Crippen molar-refractivity contribution >= 4 is 23.2 Å². The Morgan fingerprint density at radius 1 is 1.35 bits per heavy atom. The van der Waals surface area contributed by atoms with E-state index in [1.54, 1.807) is 18.2 Å². The van der Waals surface area contributed by atoms with Crippen LogP contribution >= 0.6 is 0 Å². The standard InChI is InChI=1S/C11H16N4O2/c1-15(2)9-4-3-7(5-8(9)12)11(17)14-6-10(13)16/h3-5H,6,12H2,1-2H3,(H2,13,16)(H,14,17). The summed E-state index contributed by atoms with van der Waals surface area (Å²) < 4.78 is 0. The van der Waals surface area contributed by atoms with Gasteiger partial charge in [-0.1, -0.05) is 0 Å². The lowest BCUT2D eigenvalue weighted by Gasteiger charge is -2.15. The summed E-state index contributed by atoms with van der Waals surface area (Å²) in [4.78, 5) is 24.0. The fourth-order valence-corrected chi connectivity index (χ4v) is 1.37. The highest BCUT2D eigenvalue weighted by molar-refractivity contribution is 5.97. The lowest BCUT2D eigenvalue weighted by Crippen LogP contribution is -2.33. The largest absolute Gasteiger partial charge is 0.397 e.